The lowest BCUT2D eigenvalue weighted by atomic mass is 10.0. The van der Waals surface area contributed by atoms with E-state index in [1.54, 1.807) is 36.4 Å². The summed E-state index contributed by atoms with van der Waals surface area (Å²) in [5.41, 5.74) is 1.67. The monoisotopic (exact) mass is 604 g/mol. The predicted molar refractivity (Wildman–Crippen MR) is 158 cm³/mol. The lowest BCUT2D eigenvalue weighted by Crippen LogP contribution is -2.16. The second-order valence-electron chi connectivity index (χ2n) is 9.28. The van der Waals surface area contributed by atoms with E-state index in [9.17, 15) is 25.0 Å². The molecule has 228 valence electrons. The van der Waals surface area contributed by atoms with Gasteiger partial charge in [0.05, 0.1) is 38.3 Å². The molecule has 0 heterocycles. The number of carbonyl (C=O) groups is 1. The minimum Gasteiger partial charge on any atom is -0.493 e. The zero-order valence-corrected chi connectivity index (χ0v) is 24.2. The molecule has 0 fully saturated rings. The van der Waals surface area contributed by atoms with Crippen molar-refractivity contribution in [3.05, 3.63) is 115 Å². The average molecular weight is 605 g/mol. The smallest absolute Gasteiger partial charge is 0.493 e. The minimum absolute atomic E-state index is 0.0266. The first-order valence-corrected chi connectivity index (χ1v) is 13.0. The molecule has 0 saturated heterocycles. The van der Waals surface area contributed by atoms with Crippen molar-refractivity contribution in [1.82, 2.24) is 0 Å². The van der Waals surface area contributed by atoms with Crippen LogP contribution in [-0.2, 0) is 12.8 Å². The number of benzene rings is 4. The third-order valence-electron chi connectivity index (χ3n) is 6.58. The summed E-state index contributed by atoms with van der Waals surface area (Å²) in [4.78, 5) is 34.8. The third-order valence-corrected chi connectivity index (χ3v) is 6.58. The van der Waals surface area contributed by atoms with Crippen LogP contribution in [0.25, 0.3) is 0 Å². The molecule has 0 aromatic heterocycles. The van der Waals surface area contributed by atoms with Gasteiger partial charge in [0.1, 0.15) is 11.5 Å². The van der Waals surface area contributed by atoms with E-state index in [-0.39, 0.29) is 35.7 Å². The molecule has 4 aromatic carbocycles. The summed E-state index contributed by atoms with van der Waals surface area (Å²) in [5, 5.41) is 23.0. The van der Waals surface area contributed by atoms with Gasteiger partial charge in [-0.15, -0.1) is 0 Å². The molecule has 0 unspecified atom stereocenters. The number of hydrogen-bond acceptors (Lipinski definition) is 11. The van der Waals surface area contributed by atoms with Crippen LogP contribution in [0.1, 0.15) is 22.3 Å². The summed E-state index contributed by atoms with van der Waals surface area (Å²) in [6.07, 6.45) is -0.853. The Kier molecular flexibility index (Phi) is 9.81. The van der Waals surface area contributed by atoms with Crippen molar-refractivity contribution in [3.63, 3.8) is 0 Å². The lowest BCUT2D eigenvalue weighted by molar-refractivity contribution is -0.385. The van der Waals surface area contributed by atoms with Crippen molar-refractivity contribution in [2.75, 3.05) is 28.4 Å². The second-order valence-corrected chi connectivity index (χ2v) is 9.28. The summed E-state index contributed by atoms with van der Waals surface area (Å²) >= 11 is 0. The van der Waals surface area contributed by atoms with Gasteiger partial charge >= 0.3 is 6.16 Å². The van der Waals surface area contributed by atoms with Crippen molar-refractivity contribution >= 4 is 17.5 Å². The first-order chi connectivity index (χ1) is 21.1. The highest BCUT2D eigenvalue weighted by Crippen LogP contribution is 2.34. The van der Waals surface area contributed by atoms with Gasteiger partial charge in [-0.05, 0) is 47.5 Å². The standard InChI is InChI=1S/C31H28N2O11/c1-39-27-9-5-19(15-29(27)41-3)13-21-17-23(32(35)36)7-11-25(21)43-31(34)44-26-12-8-24(33(37)38)18-22(26)14-20-6-10-28(40-2)30(16-20)42-4/h5-12,15-18H,13-14H2,1-4H3. The summed E-state index contributed by atoms with van der Waals surface area (Å²) in [6.45, 7) is 0. The highest BCUT2D eigenvalue weighted by Gasteiger charge is 2.20. The van der Waals surface area contributed by atoms with E-state index < -0.39 is 16.0 Å². The van der Waals surface area contributed by atoms with Crippen molar-refractivity contribution < 1.29 is 43.1 Å². The van der Waals surface area contributed by atoms with Crippen LogP contribution < -0.4 is 28.4 Å². The average Bonchev–Trinajstić information content (AvgIpc) is 3.02. The molecule has 0 aliphatic rings. The van der Waals surface area contributed by atoms with Crippen LogP contribution >= 0.6 is 0 Å². The van der Waals surface area contributed by atoms with Crippen LogP contribution in [0.15, 0.2) is 72.8 Å². The number of nitro benzene ring substituents is 2. The van der Waals surface area contributed by atoms with Gasteiger partial charge in [-0.1, -0.05) is 12.1 Å². The Morgan fingerprint density at radius 3 is 1.25 bits per heavy atom. The number of nitrogens with zero attached hydrogens (tertiary/aromatic N) is 2. The van der Waals surface area contributed by atoms with E-state index in [1.807, 2.05) is 0 Å². The molecule has 0 N–H and O–H groups in total. The normalized spacial score (nSPS) is 10.5. The molecule has 4 rings (SSSR count). The van der Waals surface area contributed by atoms with Gasteiger partial charge < -0.3 is 28.4 Å². The van der Waals surface area contributed by atoms with Crippen LogP contribution in [-0.4, -0.2) is 44.4 Å². The second kappa shape index (κ2) is 13.9. The molecule has 0 atom stereocenters. The van der Waals surface area contributed by atoms with Crippen molar-refractivity contribution in [1.29, 1.82) is 0 Å². The van der Waals surface area contributed by atoms with Gasteiger partial charge in [0, 0.05) is 48.2 Å². The van der Waals surface area contributed by atoms with Crippen molar-refractivity contribution in [3.8, 4) is 34.5 Å². The first kappa shape index (κ1) is 31.1. The summed E-state index contributed by atoms with van der Waals surface area (Å²) in [5.74, 6) is 1.97. The molecule has 0 amide bonds. The number of carbonyl (C=O) groups excluding carboxylic acids is 1. The Morgan fingerprint density at radius 2 is 0.909 bits per heavy atom. The Labute approximate surface area is 251 Å². The van der Waals surface area contributed by atoms with Gasteiger partial charge in [0.15, 0.2) is 23.0 Å². The fourth-order valence-corrected chi connectivity index (χ4v) is 4.46. The van der Waals surface area contributed by atoms with E-state index in [4.69, 9.17) is 28.4 Å². The summed E-state index contributed by atoms with van der Waals surface area (Å²) in [6, 6.07) is 17.9. The molecule has 0 saturated carbocycles. The van der Waals surface area contributed by atoms with Gasteiger partial charge in [-0.2, -0.15) is 0 Å². The van der Waals surface area contributed by atoms with Gasteiger partial charge in [-0.25, -0.2) is 4.79 Å². The maximum absolute atomic E-state index is 13.0. The first-order valence-electron chi connectivity index (χ1n) is 13.0. The zero-order valence-electron chi connectivity index (χ0n) is 24.2. The minimum atomic E-state index is -1.14. The number of non-ortho nitro benzene ring substituents is 2. The topological polar surface area (TPSA) is 159 Å². The van der Waals surface area contributed by atoms with Crippen LogP contribution in [0, 0.1) is 20.2 Å². The van der Waals surface area contributed by atoms with E-state index in [2.05, 4.69) is 0 Å². The van der Waals surface area contributed by atoms with Gasteiger partial charge in [0.25, 0.3) is 11.4 Å². The molecule has 13 heteroatoms. The number of nitro groups is 2. The Morgan fingerprint density at radius 1 is 0.545 bits per heavy atom. The molecule has 0 aliphatic carbocycles. The summed E-state index contributed by atoms with van der Waals surface area (Å²) in [7, 11) is 5.97. The van der Waals surface area contributed by atoms with Gasteiger partial charge in [-0.3, -0.25) is 20.2 Å². The zero-order chi connectivity index (χ0) is 31.8. The predicted octanol–water partition coefficient (Wildman–Crippen LogP) is 6.30. The molecular formula is C31H28N2O11. The number of methoxy groups -OCH3 is 4. The molecule has 0 aliphatic heterocycles. The Balaban J connectivity index is 1.62. The molecule has 0 spiro atoms. The van der Waals surface area contributed by atoms with Crippen LogP contribution in [0.4, 0.5) is 16.2 Å². The van der Waals surface area contributed by atoms with Crippen LogP contribution in [0.5, 0.6) is 34.5 Å². The van der Waals surface area contributed by atoms with E-state index in [0.717, 1.165) is 0 Å². The molecule has 4 aromatic rings. The molecule has 0 bridgehead atoms. The highest BCUT2D eigenvalue weighted by atomic mass is 16.7. The van der Waals surface area contributed by atoms with E-state index in [0.29, 0.717) is 45.3 Å². The fraction of sp³-hybridized carbons (Fsp3) is 0.194. The molecule has 44 heavy (non-hydrogen) atoms. The third kappa shape index (κ3) is 7.31. The Bertz CT molecular complexity index is 1580. The molecular weight excluding hydrogens is 576 g/mol. The fourth-order valence-electron chi connectivity index (χ4n) is 4.46. The van der Waals surface area contributed by atoms with Crippen LogP contribution in [0.3, 0.4) is 0 Å². The maximum atomic E-state index is 13.0. The van der Waals surface area contributed by atoms with Crippen molar-refractivity contribution in [2.45, 2.75) is 12.8 Å². The summed E-state index contributed by atoms with van der Waals surface area (Å²) < 4.78 is 32.2. The Hall–Kier alpha value is -5.85. The largest absolute Gasteiger partial charge is 0.519 e. The SMILES string of the molecule is COc1ccc(Cc2cc([N+](=O)[O-])ccc2OC(=O)Oc2ccc([N+](=O)[O-])cc2Cc2ccc(OC)c(OC)c2)cc1OC. The van der Waals surface area contributed by atoms with Crippen LogP contribution in [0.2, 0.25) is 0 Å². The number of hydrogen-bond donors (Lipinski definition) is 0. The van der Waals surface area contributed by atoms with Crippen molar-refractivity contribution in [2.24, 2.45) is 0 Å². The molecule has 13 nitrogen and oxygen atoms in total. The quantitative estimate of drug-likeness (QED) is 0.0773. The number of rotatable bonds is 12. The van der Waals surface area contributed by atoms with E-state index in [1.165, 1.54) is 64.8 Å². The maximum Gasteiger partial charge on any atom is 0.519 e. The van der Waals surface area contributed by atoms with Gasteiger partial charge in [0.2, 0.25) is 0 Å². The van der Waals surface area contributed by atoms with E-state index >= 15 is 0 Å². The lowest BCUT2D eigenvalue weighted by Gasteiger charge is -2.14. The highest BCUT2D eigenvalue weighted by molar-refractivity contribution is 5.69. The molecule has 0 radical (unpaired) electrons. The number of ether oxygens (including phenoxy) is 6.